The molecule has 1 aromatic rings. The van der Waals surface area contributed by atoms with E-state index in [1.807, 2.05) is 4.90 Å². The third-order valence-electron chi connectivity index (χ3n) is 2.06. The summed E-state index contributed by atoms with van der Waals surface area (Å²) in [7, 11) is 0. The maximum absolute atomic E-state index is 5.57. The number of halogens is 1. The molecule has 1 aromatic heterocycles. The second-order valence-electron chi connectivity index (χ2n) is 3.03. The molecule has 78 valence electrons. The average molecular weight is 218 g/mol. The van der Waals surface area contributed by atoms with Crippen LogP contribution in [0.2, 0.25) is 0 Å². The molecule has 0 atom stereocenters. The minimum Gasteiger partial charge on any atom is -0.378 e. The third kappa shape index (κ3) is 2.16. The lowest BCUT2D eigenvalue weighted by molar-refractivity contribution is 0.121. The van der Waals surface area contributed by atoms with Crippen molar-refractivity contribution >= 4 is 17.5 Å². The van der Waals surface area contributed by atoms with Gasteiger partial charge in [0.05, 0.1) is 13.2 Å². The normalized spacial score (nSPS) is 17.4. The van der Waals surface area contributed by atoms with Gasteiger partial charge in [0.25, 0.3) is 5.95 Å². The number of hydrogen-bond donors (Lipinski definition) is 0. The topological polar surface area (TPSA) is 51.4 Å². The van der Waals surface area contributed by atoms with Gasteiger partial charge in [0.2, 0.25) is 5.89 Å². The van der Waals surface area contributed by atoms with E-state index >= 15 is 0 Å². The predicted molar refractivity (Wildman–Crippen MR) is 51.8 cm³/mol. The summed E-state index contributed by atoms with van der Waals surface area (Å²) in [6.45, 7) is 3.08. The molecule has 1 saturated heterocycles. The number of aromatic nitrogens is 2. The molecule has 5 nitrogen and oxygen atoms in total. The highest BCUT2D eigenvalue weighted by atomic mass is 35.5. The Kier molecular flexibility index (Phi) is 3.21. The molecule has 1 aliphatic rings. The van der Waals surface area contributed by atoms with Gasteiger partial charge in [0.1, 0.15) is 0 Å². The molecular formula is C8H12ClN3O2. The highest BCUT2D eigenvalue weighted by Crippen LogP contribution is 2.11. The van der Waals surface area contributed by atoms with Gasteiger partial charge in [-0.2, -0.15) is 4.98 Å². The number of rotatable bonds is 3. The molecule has 0 spiro atoms. The minimum absolute atomic E-state index is 0.505. The number of ether oxygens (including phenoxy) is 1. The van der Waals surface area contributed by atoms with Gasteiger partial charge in [-0.3, -0.25) is 0 Å². The average Bonchev–Trinajstić information content (AvgIpc) is 2.68. The van der Waals surface area contributed by atoms with Crippen LogP contribution < -0.4 is 4.90 Å². The van der Waals surface area contributed by atoms with Crippen LogP contribution in [0.5, 0.6) is 0 Å². The Morgan fingerprint density at radius 1 is 1.36 bits per heavy atom. The fourth-order valence-corrected chi connectivity index (χ4v) is 1.48. The molecule has 0 aromatic carbocycles. The Hall–Kier alpha value is -0.810. The number of nitrogens with zero attached hydrogens (tertiary/aromatic N) is 3. The summed E-state index contributed by atoms with van der Waals surface area (Å²) < 4.78 is 10.3. The molecule has 0 unspecified atom stereocenters. The maximum atomic E-state index is 5.57. The van der Waals surface area contributed by atoms with Crippen molar-refractivity contribution in [2.24, 2.45) is 0 Å². The van der Waals surface area contributed by atoms with E-state index in [-0.39, 0.29) is 0 Å². The van der Waals surface area contributed by atoms with Crippen LogP contribution in [0, 0.1) is 0 Å². The van der Waals surface area contributed by atoms with Gasteiger partial charge in [-0.15, -0.1) is 11.6 Å². The SMILES string of the molecule is ClCCc1nc(N2CCOCC2)no1. The van der Waals surface area contributed by atoms with Crippen molar-refractivity contribution in [3.63, 3.8) is 0 Å². The van der Waals surface area contributed by atoms with Crippen molar-refractivity contribution in [2.75, 3.05) is 37.1 Å². The predicted octanol–water partition coefficient (Wildman–Crippen LogP) is 0.688. The van der Waals surface area contributed by atoms with Crippen LogP contribution >= 0.6 is 11.6 Å². The van der Waals surface area contributed by atoms with Crippen molar-refractivity contribution in [3.05, 3.63) is 5.89 Å². The summed E-state index contributed by atoms with van der Waals surface area (Å²) >= 11 is 5.57. The largest absolute Gasteiger partial charge is 0.378 e. The van der Waals surface area contributed by atoms with Crippen molar-refractivity contribution < 1.29 is 9.26 Å². The van der Waals surface area contributed by atoms with Crippen LogP contribution in [0.25, 0.3) is 0 Å². The van der Waals surface area contributed by atoms with Crippen LogP contribution in [0.1, 0.15) is 5.89 Å². The standard InChI is InChI=1S/C8H12ClN3O2/c9-2-1-7-10-8(11-14-7)12-3-5-13-6-4-12/h1-6H2. The van der Waals surface area contributed by atoms with Gasteiger partial charge < -0.3 is 14.2 Å². The van der Waals surface area contributed by atoms with E-state index in [1.165, 1.54) is 0 Å². The van der Waals surface area contributed by atoms with Crippen LogP contribution in [0.4, 0.5) is 5.95 Å². The molecule has 1 aliphatic heterocycles. The first-order valence-electron chi connectivity index (χ1n) is 4.61. The number of morpholine rings is 1. The van der Waals surface area contributed by atoms with E-state index in [0.29, 0.717) is 24.1 Å². The van der Waals surface area contributed by atoms with E-state index < -0.39 is 0 Å². The van der Waals surface area contributed by atoms with Gasteiger partial charge in [-0.1, -0.05) is 0 Å². The summed E-state index contributed by atoms with van der Waals surface area (Å²) in [5.74, 6) is 1.75. The van der Waals surface area contributed by atoms with E-state index in [4.69, 9.17) is 20.9 Å². The number of hydrogen-bond acceptors (Lipinski definition) is 5. The second kappa shape index (κ2) is 4.61. The fourth-order valence-electron chi connectivity index (χ4n) is 1.32. The first-order valence-corrected chi connectivity index (χ1v) is 5.15. The van der Waals surface area contributed by atoms with Crippen LogP contribution in [-0.2, 0) is 11.2 Å². The first-order chi connectivity index (χ1) is 6.90. The third-order valence-corrected chi connectivity index (χ3v) is 2.25. The van der Waals surface area contributed by atoms with E-state index in [2.05, 4.69) is 10.1 Å². The maximum Gasteiger partial charge on any atom is 0.266 e. The van der Waals surface area contributed by atoms with Crippen LogP contribution in [0.15, 0.2) is 4.52 Å². The second-order valence-corrected chi connectivity index (χ2v) is 3.40. The van der Waals surface area contributed by atoms with Gasteiger partial charge in [-0.05, 0) is 5.16 Å². The van der Waals surface area contributed by atoms with E-state index in [0.717, 1.165) is 26.3 Å². The molecule has 0 aliphatic carbocycles. The van der Waals surface area contributed by atoms with Crippen molar-refractivity contribution in [1.29, 1.82) is 0 Å². The zero-order valence-corrected chi connectivity index (χ0v) is 8.53. The molecule has 2 rings (SSSR count). The number of anilines is 1. The Labute approximate surface area is 87.0 Å². The highest BCUT2D eigenvalue weighted by Gasteiger charge is 2.16. The monoisotopic (exact) mass is 217 g/mol. The summed E-state index contributed by atoms with van der Waals surface area (Å²) in [6.07, 6.45) is 0.624. The number of aryl methyl sites for hydroxylation is 1. The van der Waals surface area contributed by atoms with E-state index in [9.17, 15) is 0 Å². The van der Waals surface area contributed by atoms with Gasteiger partial charge in [0, 0.05) is 25.4 Å². The summed E-state index contributed by atoms with van der Waals surface area (Å²) in [5.41, 5.74) is 0. The van der Waals surface area contributed by atoms with Crippen molar-refractivity contribution in [1.82, 2.24) is 10.1 Å². The molecule has 0 N–H and O–H groups in total. The van der Waals surface area contributed by atoms with E-state index in [1.54, 1.807) is 0 Å². The first kappa shape index (κ1) is 9.73. The Morgan fingerprint density at radius 3 is 2.86 bits per heavy atom. The zero-order valence-electron chi connectivity index (χ0n) is 7.78. The lowest BCUT2D eigenvalue weighted by atomic mass is 10.4. The summed E-state index contributed by atoms with van der Waals surface area (Å²) in [5, 5.41) is 3.88. The highest BCUT2D eigenvalue weighted by molar-refractivity contribution is 6.17. The Morgan fingerprint density at radius 2 is 2.14 bits per heavy atom. The quantitative estimate of drug-likeness (QED) is 0.698. The minimum atomic E-state index is 0.505. The molecule has 0 radical (unpaired) electrons. The Balaban J connectivity index is 2.00. The molecule has 14 heavy (non-hydrogen) atoms. The molecule has 0 amide bonds. The van der Waals surface area contributed by atoms with Crippen molar-refractivity contribution in [2.45, 2.75) is 6.42 Å². The molecule has 0 bridgehead atoms. The Bertz CT molecular complexity index is 286. The molecule has 1 fully saturated rings. The lowest BCUT2D eigenvalue weighted by Crippen LogP contribution is -2.36. The van der Waals surface area contributed by atoms with Gasteiger partial charge >= 0.3 is 0 Å². The smallest absolute Gasteiger partial charge is 0.266 e. The molecule has 0 saturated carbocycles. The summed E-state index contributed by atoms with van der Waals surface area (Å²) in [6, 6.07) is 0. The fraction of sp³-hybridized carbons (Fsp3) is 0.750. The van der Waals surface area contributed by atoms with Gasteiger partial charge in [-0.25, -0.2) is 0 Å². The molecule has 2 heterocycles. The lowest BCUT2D eigenvalue weighted by Gasteiger charge is -2.24. The number of alkyl halides is 1. The van der Waals surface area contributed by atoms with Crippen LogP contribution in [0.3, 0.4) is 0 Å². The van der Waals surface area contributed by atoms with Crippen molar-refractivity contribution in [3.8, 4) is 0 Å². The summed E-state index contributed by atoms with van der Waals surface area (Å²) in [4.78, 5) is 6.28. The van der Waals surface area contributed by atoms with Crippen LogP contribution in [-0.4, -0.2) is 42.3 Å². The zero-order chi connectivity index (χ0) is 9.80. The molecule has 6 heteroatoms. The molecular weight excluding hydrogens is 206 g/mol. The van der Waals surface area contributed by atoms with Gasteiger partial charge in [0.15, 0.2) is 0 Å².